The number of halogens is 1. The van der Waals surface area contributed by atoms with Crippen LogP contribution in [0.25, 0.3) is 17.2 Å². The Labute approximate surface area is 99.8 Å². The van der Waals surface area contributed by atoms with Crippen LogP contribution in [0.4, 0.5) is 0 Å². The Morgan fingerprint density at radius 3 is 3.00 bits per heavy atom. The maximum absolute atomic E-state index is 5.91. The Kier molecular flexibility index (Phi) is 2.12. The van der Waals surface area contributed by atoms with Crippen molar-refractivity contribution in [2.24, 2.45) is 0 Å². The molecule has 0 saturated heterocycles. The van der Waals surface area contributed by atoms with Crippen LogP contribution in [0.5, 0.6) is 0 Å². The zero-order valence-electron chi connectivity index (χ0n) is 8.25. The Balaban J connectivity index is 2.29. The van der Waals surface area contributed by atoms with Gasteiger partial charge in [0.05, 0.1) is 5.01 Å². The molecule has 0 N–H and O–H groups in total. The molecule has 0 radical (unpaired) electrons. The molecule has 0 fully saturated rings. The largest absolute Gasteiger partial charge is 0.277 e. The highest BCUT2D eigenvalue weighted by atomic mass is 35.5. The smallest absolute Gasteiger partial charge is 0.198 e. The van der Waals surface area contributed by atoms with Crippen LogP contribution < -0.4 is 0 Å². The van der Waals surface area contributed by atoms with E-state index in [0.717, 1.165) is 10.7 Å². The quantitative estimate of drug-likeness (QED) is 0.665. The van der Waals surface area contributed by atoms with Crippen molar-refractivity contribution in [2.75, 3.05) is 0 Å². The van der Waals surface area contributed by atoms with Gasteiger partial charge in [-0.15, -0.1) is 21.5 Å². The first kappa shape index (κ1) is 9.68. The zero-order valence-corrected chi connectivity index (χ0v) is 9.83. The van der Waals surface area contributed by atoms with Gasteiger partial charge >= 0.3 is 0 Å². The molecular weight excluding hydrogens is 246 g/mol. The van der Waals surface area contributed by atoms with E-state index < -0.39 is 0 Å². The van der Waals surface area contributed by atoms with Crippen LogP contribution in [0.15, 0.2) is 17.8 Å². The highest BCUT2D eigenvalue weighted by Crippen LogP contribution is 2.22. The van der Waals surface area contributed by atoms with Gasteiger partial charge in [-0.2, -0.15) is 0 Å². The zero-order chi connectivity index (χ0) is 11.1. The molecule has 0 unspecified atom stereocenters. The van der Waals surface area contributed by atoms with Crippen molar-refractivity contribution in [1.82, 2.24) is 24.6 Å². The van der Waals surface area contributed by atoms with Crippen molar-refractivity contribution >= 4 is 28.6 Å². The summed E-state index contributed by atoms with van der Waals surface area (Å²) in [4.78, 5) is 8.31. The molecule has 0 aliphatic carbocycles. The van der Waals surface area contributed by atoms with E-state index in [1.807, 2.05) is 12.3 Å². The highest BCUT2D eigenvalue weighted by molar-refractivity contribution is 7.09. The molecule has 3 aromatic rings. The van der Waals surface area contributed by atoms with E-state index in [1.165, 1.54) is 0 Å². The van der Waals surface area contributed by atoms with E-state index in [4.69, 9.17) is 11.6 Å². The molecule has 0 aromatic carbocycles. The van der Waals surface area contributed by atoms with Crippen molar-refractivity contribution in [3.05, 3.63) is 27.9 Å². The van der Waals surface area contributed by atoms with Crippen LogP contribution in [-0.2, 0) is 0 Å². The second-order valence-corrected chi connectivity index (χ2v) is 4.61. The summed E-state index contributed by atoms with van der Waals surface area (Å²) in [5, 5.41) is 11.3. The van der Waals surface area contributed by atoms with Gasteiger partial charge in [0.25, 0.3) is 0 Å². The molecule has 0 aliphatic rings. The molecule has 16 heavy (non-hydrogen) atoms. The number of aryl methyl sites for hydroxylation is 1. The lowest BCUT2D eigenvalue weighted by Crippen LogP contribution is -1.91. The Hall–Kier alpha value is -1.53. The Morgan fingerprint density at radius 1 is 1.38 bits per heavy atom. The topological polar surface area (TPSA) is 56.0 Å². The summed E-state index contributed by atoms with van der Waals surface area (Å²) < 4.78 is 1.78. The van der Waals surface area contributed by atoms with Crippen LogP contribution >= 0.6 is 22.9 Å². The number of rotatable bonds is 1. The van der Waals surface area contributed by atoms with Crippen molar-refractivity contribution in [3.63, 3.8) is 0 Å². The third-order valence-electron chi connectivity index (χ3n) is 2.13. The summed E-state index contributed by atoms with van der Waals surface area (Å²) in [5.74, 6) is 0.684. The number of hydrogen-bond donors (Lipinski definition) is 0. The minimum atomic E-state index is 0.341. The maximum Gasteiger partial charge on any atom is 0.198 e. The van der Waals surface area contributed by atoms with E-state index in [9.17, 15) is 0 Å². The minimum Gasteiger partial charge on any atom is -0.277 e. The molecule has 3 rings (SSSR count). The molecule has 0 atom stereocenters. The molecule has 0 aliphatic heterocycles. The number of thiazole rings is 1. The summed E-state index contributed by atoms with van der Waals surface area (Å²) in [7, 11) is 0. The first-order chi connectivity index (χ1) is 7.75. The molecule has 0 saturated carbocycles. The van der Waals surface area contributed by atoms with E-state index in [1.54, 1.807) is 28.1 Å². The van der Waals surface area contributed by atoms with Crippen LogP contribution in [0.1, 0.15) is 5.01 Å². The van der Waals surface area contributed by atoms with E-state index in [-0.39, 0.29) is 0 Å². The van der Waals surface area contributed by atoms with Crippen LogP contribution in [0.2, 0.25) is 5.15 Å². The number of aromatic nitrogens is 5. The fourth-order valence-corrected chi connectivity index (χ4v) is 2.21. The normalized spacial score (nSPS) is 11.1. The van der Waals surface area contributed by atoms with Gasteiger partial charge in [-0.25, -0.2) is 9.97 Å². The molecule has 5 nitrogen and oxygen atoms in total. The molecule has 0 spiro atoms. The predicted molar refractivity (Wildman–Crippen MR) is 61.6 cm³/mol. The van der Waals surface area contributed by atoms with E-state index in [2.05, 4.69) is 20.2 Å². The monoisotopic (exact) mass is 251 g/mol. The van der Waals surface area contributed by atoms with Crippen molar-refractivity contribution in [3.8, 4) is 11.5 Å². The summed E-state index contributed by atoms with van der Waals surface area (Å²) in [5.41, 5.74) is 1.35. The van der Waals surface area contributed by atoms with Crippen molar-refractivity contribution in [2.45, 2.75) is 6.92 Å². The third-order valence-corrected chi connectivity index (χ3v) is 3.17. The van der Waals surface area contributed by atoms with Crippen LogP contribution in [0.3, 0.4) is 0 Å². The first-order valence-corrected chi connectivity index (χ1v) is 5.79. The highest BCUT2D eigenvalue weighted by Gasteiger charge is 2.12. The fourth-order valence-electron chi connectivity index (χ4n) is 1.44. The van der Waals surface area contributed by atoms with E-state index in [0.29, 0.717) is 16.6 Å². The van der Waals surface area contributed by atoms with Gasteiger partial charge < -0.3 is 0 Å². The standard InChI is InChI=1S/C9H6ClN5S/c1-5-12-6(4-16-5)8-13-14-9-7(10)11-2-3-15(8)9/h2-4H,1H3. The van der Waals surface area contributed by atoms with Gasteiger partial charge in [0.1, 0.15) is 5.69 Å². The SMILES string of the molecule is Cc1nc(-c2nnc3c(Cl)nccn23)cs1. The van der Waals surface area contributed by atoms with Crippen molar-refractivity contribution in [1.29, 1.82) is 0 Å². The lowest BCUT2D eigenvalue weighted by molar-refractivity contribution is 1.09. The number of fused-ring (bicyclic) bond motifs is 1. The molecule has 3 aromatic heterocycles. The second kappa shape index (κ2) is 3.50. The number of hydrogen-bond acceptors (Lipinski definition) is 5. The van der Waals surface area contributed by atoms with Gasteiger partial charge in [-0.05, 0) is 6.92 Å². The molecule has 0 bridgehead atoms. The van der Waals surface area contributed by atoms with Crippen molar-refractivity contribution < 1.29 is 0 Å². The fraction of sp³-hybridized carbons (Fsp3) is 0.111. The second-order valence-electron chi connectivity index (χ2n) is 3.19. The molecule has 7 heteroatoms. The summed E-state index contributed by atoms with van der Waals surface area (Å²) in [6.07, 6.45) is 3.38. The molecule has 0 amide bonds. The maximum atomic E-state index is 5.91. The summed E-state index contributed by atoms with van der Waals surface area (Å²) in [6, 6.07) is 0. The molecule has 80 valence electrons. The van der Waals surface area contributed by atoms with Gasteiger partial charge in [-0.3, -0.25) is 4.40 Å². The van der Waals surface area contributed by atoms with Crippen LogP contribution in [-0.4, -0.2) is 24.6 Å². The Bertz CT molecular complexity index is 659. The molecular formula is C9H6ClN5S. The first-order valence-electron chi connectivity index (χ1n) is 4.53. The van der Waals surface area contributed by atoms with Crippen LogP contribution in [0, 0.1) is 6.92 Å². The minimum absolute atomic E-state index is 0.341. The van der Waals surface area contributed by atoms with Gasteiger partial charge in [0.15, 0.2) is 16.6 Å². The lowest BCUT2D eigenvalue weighted by Gasteiger charge is -1.95. The molecule has 3 heterocycles. The number of nitrogens with zero attached hydrogens (tertiary/aromatic N) is 5. The predicted octanol–water partition coefficient (Wildman–Crippen LogP) is 2.21. The average Bonchev–Trinajstić information content (AvgIpc) is 2.84. The lowest BCUT2D eigenvalue weighted by atomic mass is 10.4. The summed E-state index contributed by atoms with van der Waals surface area (Å²) >= 11 is 7.49. The van der Waals surface area contributed by atoms with Gasteiger partial charge in [-0.1, -0.05) is 11.6 Å². The third kappa shape index (κ3) is 1.38. The average molecular weight is 252 g/mol. The van der Waals surface area contributed by atoms with Gasteiger partial charge in [0, 0.05) is 17.8 Å². The Morgan fingerprint density at radius 2 is 2.25 bits per heavy atom. The van der Waals surface area contributed by atoms with E-state index >= 15 is 0 Å². The van der Waals surface area contributed by atoms with Gasteiger partial charge in [0.2, 0.25) is 0 Å². The summed E-state index contributed by atoms with van der Waals surface area (Å²) in [6.45, 7) is 1.95.